The van der Waals surface area contributed by atoms with Gasteiger partial charge in [-0.05, 0) is 17.7 Å². The van der Waals surface area contributed by atoms with Crippen molar-refractivity contribution in [2.75, 3.05) is 25.0 Å². The predicted octanol–water partition coefficient (Wildman–Crippen LogP) is 1.52. The molecule has 0 aromatic heterocycles. The van der Waals surface area contributed by atoms with Crippen molar-refractivity contribution in [1.82, 2.24) is 10.6 Å². The minimum absolute atomic E-state index is 0.0595. The maximum atomic E-state index is 12.3. The molecule has 2 unspecified atom stereocenters. The number of hydrogen-bond acceptors (Lipinski definition) is 6. The maximum absolute atomic E-state index is 12.3. The van der Waals surface area contributed by atoms with Crippen LogP contribution in [0, 0.1) is 16.0 Å². The fraction of sp³-hybridized carbons (Fsp3) is 0.316. The maximum Gasteiger partial charge on any atom is 0.293 e. The van der Waals surface area contributed by atoms with Crippen LogP contribution in [0.15, 0.2) is 48.5 Å². The van der Waals surface area contributed by atoms with E-state index in [0.29, 0.717) is 31.9 Å². The highest BCUT2D eigenvalue weighted by Crippen LogP contribution is 2.26. The van der Waals surface area contributed by atoms with Crippen LogP contribution in [0.5, 0.6) is 0 Å². The Bertz CT molecular complexity index is 813. The molecule has 0 saturated carbocycles. The van der Waals surface area contributed by atoms with Gasteiger partial charge in [-0.1, -0.05) is 30.3 Å². The summed E-state index contributed by atoms with van der Waals surface area (Å²) >= 11 is 0. The number of hydrogen-bond donors (Lipinski definition) is 4. The lowest BCUT2D eigenvalue weighted by molar-refractivity contribution is -0.384. The first-order valence-corrected chi connectivity index (χ1v) is 8.78. The largest absolute Gasteiger partial charge is 0.391 e. The van der Waals surface area contributed by atoms with Crippen molar-refractivity contribution < 1.29 is 14.8 Å². The van der Waals surface area contributed by atoms with Gasteiger partial charge in [-0.25, -0.2) is 0 Å². The van der Waals surface area contributed by atoms with Gasteiger partial charge in [0.05, 0.1) is 11.0 Å². The molecule has 0 aliphatic carbocycles. The summed E-state index contributed by atoms with van der Waals surface area (Å²) in [5.74, 6) is -0.456. The third-order valence-electron chi connectivity index (χ3n) is 4.61. The summed E-state index contributed by atoms with van der Waals surface area (Å²) in [5, 5.41) is 30.0. The average Bonchev–Trinajstić information content (AvgIpc) is 3.10. The molecule has 1 heterocycles. The van der Waals surface area contributed by atoms with Crippen LogP contribution in [0.1, 0.15) is 15.9 Å². The molecule has 1 fully saturated rings. The van der Waals surface area contributed by atoms with Crippen LogP contribution in [0.3, 0.4) is 0 Å². The van der Waals surface area contributed by atoms with E-state index in [1.54, 1.807) is 12.1 Å². The van der Waals surface area contributed by atoms with Gasteiger partial charge in [0.2, 0.25) is 0 Å². The molecule has 27 heavy (non-hydrogen) atoms. The molecule has 0 spiro atoms. The van der Waals surface area contributed by atoms with E-state index in [1.165, 1.54) is 6.07 Å². The fourth-order valence-electron chi connectivity index (χ4n) is 3.02. The highest BCUT2D eigenvalue weighted by atomic mass is 16.6. The number of aliphatic hydroxyl groups excluding tert-OH is 1. The van der Waals surface area contributed by atoms with Crippen molar-refractivity contribution in [3.8, 4) is 0 Å². The zero-order valence-corrected chi connectivity index (χ0v) is 14.7. The number of nitro benzene ring substituents is 1. The van der Waals surface area contributed by atoms with Crippen molar-refractivity contribution in [2.24, 2.45) is 5.92 Å². The molecule has 3 rings (SSSR count). The molecule has 142 valence electrons. The van der Waals surface area contributed by atoms with Crippen LogP contribution in [-0.2, 0) is 6.54 Å². The van der Waals surface area contributed by atoms with Gasteiger partial charge in [0.15, 0.2) is 0 Å². The standard InChI is InChI=1S/C19H22N4O4/c24-18-12-20-10-15(18)11-22-19(25)14-6-7-16(17(8-14)23(26)27)21-9-13-4-2-1-3-5-13/h1-8,15,18,20-21,24H,9-12H2,(H,22,25). The highest BCUT2D eigenvalue weighted by molar-refractivity contribution is 5.95. The Morgan fingerprint density at radius 1 is 1.22 bits per heavy atom. The van der Waals surface area contributed by atoms with Crippen molar-refractivity contribution in [1.29, 1.82) is 0 Å². The number of nitro groups is 1. The van der Waals surface area contributed by atoms with Crippen LogP contribution in [-0.4, -0.2) is 41.7 Å². The van der Waals surface area contributed by atoms with Gasteiger partial charge < -0.3 is 21.1 Å². The third kappa shape index (κ3) is 4.81. The summed E-state index contributed by atoms with van der Waals surface area (Å²) in [6.07, 6.45) is -0.496. The number of rotatable bonds is 7. The molecule has 2 atom stereocenters. The first-order valence-electron chi connectivity index (χ1n) is 8.78. The van der Waals surface area contributed by atoms with Gasteiger partial charge >= 0.3 is 0 Å². The molecule has 2 aromatic rings. The van der Waals surface area contributed by atoms with Crippen LogP contribution >= 0.6 is 0 Å². The molecule has 1 aliphatic heterocycles. The summed E-state index contributed by atoms with van der Waals surface area (Å²) in [6.45, 7) is 1.90. The van der Waals surface area contributed by atoms with Gasteiger partial charge in [-0.15, -0.1) is 0 Å². The Labute approximate surface area is 156 Å². The molecule has 8 heteroatoms. The SMILES string of the molecule is O=C(NCC1CNCC1O)c1ccc(NCc2ccccc2)c([N+](=O)[O-])c1. The second-order valence-electron chi connectivity index (χ2n) is 6.52. The zero-order chi connectivity index (χ0) is 19.2. The zero-order valence-electron chi connectivity index (χ0n) is 14.7. The second-order valence-corrected chi connectivity index (χ2v) is 6.52. The van der Waals surface area contributed by atoms with E-state index in [9.17, 15) is 20.0 Å². The molecule has 4 N–H and O–H groups in total. The van der Waals surface area contributed by atoms with Gasteiger partial charge in [0.25, 0.3) is 11.6 Å². The number of benzene rings is 2. The fourth-order valence-corrected chi connectivity index (χ4v) is 3.02. The normalized spacial score (nSPS) is 18.9. The van der Waals surface area contributed by atoms with E-state index in [-0.39, 0.29) is 17.2 Å². The number of nitrogens with zero attached hydrogens (tertiary/aromatic N) is 1. The van der Waals surface area contributed by atoms with Crippen molar-refractivity contribution in [3.63, 3.8) is 0 Å². The van der Waals surface area contributed by atoms with Crippen LogP contribution in [0.2, 0.25) is 0 Å². The minimum atomic E-state index is -0.505. The van der Waals surface area contributed by atoms with E-state index >= 15 is 0 Å². The first kappa shape index (κ1) is 18.8. The minimum Gasteiger partial charge on any atom is -0.391 e. The Balaban J connectivity index is 1.67. The molecule has 2 aromatic carbocycles. The van der Waals surface area contributed by atoms with Crippen LogP contribution in [0.4, 0.5) is 11.4 Å². The average molecular weight is 370 g/mol. The molecule has 0 bridgehead atoms. The molecule has 0 radical (unpaired) electrons. The lowest BCUT2D eigenvalue weighted by Gasteiger charge is -2.14. The van der Waals surface area contributed by atoms with E-state index < -0.39 is 16.9 Å². The van der Waals surface area contributed by atoms with Gasteiger partial charge in [-0.3, -0.25) is 14.9 Å². The monoisotopic (exact) mass is 370 g/mol. The molecular formula is C19H22N4O4. The molecular weight excluding hydrogens is 348 g/mol. The third-order valence-corrected chi connectivity index (χ3v) is 4.61. The van der Waals surface area contributed by atoms with E-state index in [2.05, 4.69) is 16.0 Å². The Morgan fingerprint density at radius 3 is 2.67 bits per heavy atom. The number of nitrogens with one attached hydrogen (secondary N) is 3. The lowest BCUT2D eigenvalue weighted by Crippen LogP contribution is -2.34. The topological polar surface area (TPSA) is 117 Å². The molecule has 1 amide bonds. The summed E-state index contributed by atoms with van der Waals surface area (Å²) in [5.41, 5.74) is 1.42. The number of β-amino-alcohol motifs (C(OH)–C–C–N with tert-alkyl or cyclic N) is 1. The van der Waals surface area contributed by atoms with Gasteiger partial charge in [0.1, 0.15) is 5.69 Å². The van der Waals surface area contributed by atoms with E-state index in [0.717, 1.165) is 5.56 Å². The number of carbonyl (C=O) groups is 1. The van der Waals surface area contributed by atoms with Crippen molar-refractivity contribution >= 4 is 17.3 Å². The van der Waals surface area contributed by atoms with E-state index in [1.807, 2.05) is 30.3 Å². The Kier molecular flexibility index (Phi) is 6.00. The quantitative estimate of drug-likeness (QED) is 0.434. The summed E-state index contributed by atoms with van der Waals surface area (Å²) in [6, 6.07) is 13.9. The van der Waals surface area contributed by atoms with Gasteiger partial charge in [0, 0.05) is 43.7 Å². The number of anilines is 1. The summed E-state index contributed by atoms with van der Waals surface area (Å²) < 4.78 is 0. The van der Waals surface area contributed by atoms with E-state index in [4.69, 9.17) is 0 Å². The van der Waals surface area contributed by atoms with Crippen molar-refractivity contribution in [3.05, 3.63) is 69.8 Å². The number of carbonyl (C=O) groups excluding carboxylic acids is 1. The first-order chi connectivity index (χ1) is 13.0. The van der Waals surface area contributed by atoms with Crippen molar-refractivity contribution in [2.45, 2.75) is 12.6 Å². The van der Waals surface area contributed by atoms with Gasteiger partial charge in [-0.2, -0.15) is 0 Å². The smallest absolute Gasteiger partial charge is 0.293 e. The Hall–Kier alpha value is -2.97. The number of aliphatic hydroxyl groups is 1. The molecule has 1 aliphatic rings. The van der Waals surface area contributed by atoms with Crippen LogP contribution in [0.25, 0.3) is 0 Å². The lowest BCUT2D eigenvalue weighted by atomic mass is 10.1. The molecule has 8 nitrogen and oxygen atoms in total. The predicted molar refractivity (Wildman–Crippen MR) is 102 cm³/mol. The highest BCUT2D eigenvalue weighted by Gasteiger charge is 2.25. The number of amides is 1. The second kappa shape index (κ2) is 8.61. The Morgan fingerprint density at radius 2 is 2.00 bits per heavy atom. The summed E-state index contributed by atoms with van der Waals surface area (Å²) in [7, 11) is 0. The molecule has 1 saturated heterocycles. The van der Waals surface area contributed by atoms with Crippen LogP contribution < -0.4 is 16.0 Å². The summed E-state index contributed by atoms with van der Waals surface area (Å²) in [4.78, 5) is 23.2.